The zero-order valence-corrected chi connectivity index (χ0v) is 15.7. The van der Waals surface area contributed by atoms with Gasteiger partial charge in [0.2, 0.25) is 5.82 Å². The molecule has 2 aromatic heterocycles. The first-order valence-corrected chi connectivity index (χ1v) is 8.47. The molecule has 10 nitrogen and oxygen atoms in total. The standard InChI is InChI=1S/C16H12Cl2N6O4/c1-7-11(5-19-13(14(7)27)16(28)20-6-12(25)26)15-21-23-24(22-15)10-3-8(17)2-9(18)4-10/h2-5,27H,6H2,1H3,(H,20,28)(H,25,26). The lowest BCUT2D eigenvalue weighted by atomic mass is 10.1. The van der Waals surface area contributed by atoms with E-state index >= 15 is 0 Å². The van der Waals surface area contributed by atoms with Crippen molar-refractivity contribution in [2.45, 2.75) is 6.92 Å². The zero-order chi connectivity index (χ0) is 20.4. The van der Waals surface area contributed by atoms with E-state index < -0.39 is 24.2 Å². The molecule has 2 heterocycles. The summed E-state index contributed by atoms with van der Waals surface area (Å²) in [7, 11) is 0. The Hall–Kier alpha value is -3.24. The van der Waals surface area contributed by atoms with Crippen LogP contribution in [0.4, 0.5) is 0 Å². The molecular weight excluding hydrogens is 411 g/mol. The van der Waals surface area contributed by atoms with E-state index in [1.807, 2.05) is 0 Å². The Labute approximate surface area is 167 Å². The Kier molecular flexibility index (Phi) is 5.43. The molecule has 0 saturated heterocycles. The molecule has 1 amide bonds. The van der Waals surface area contributed by atoms with E-state index in [9.17, 15) is 14.7 Å². The normalized spacial score (nSPS) is 10.7. The van der Waals surface area contributed by atoms with Crippen LogP contribution in [0, 0.1) is 6.92 Å². The van der Waals surface area contributed by atoms with Crippen LogP contribution in [0.5, 0.6) is 5.75 Å². The van der Waals surface area contributed by atoms with Crippen molar-refractivity contribution in [3.63, 3.8) is 0 Å². The summed E-state index contributed by atoms with van der Waals surface area (Å²) in [6.07, 6.45) is 1.29. The van der Waals surface area contributed by atoms with Crippen LogP contribution in [0.25, 0.3) is 17.1 Å². The van der Waals surface area contributed by atoms with E-state index in [2.05, 4.69) is 25.7 Å². The number of pyridine rings is 1. The smallest absolute Gasteiger partial charge is 0.322 e. The number of hydrogen-bond donors (Lipinski definition) is 3. The van der Waals surface area contributed by atoms with Crippen molar-refractivity contribution in [3.05, 3.63) is 45.7 Å². The second-order valence-corrected chi connectivity index (χ2v) is 6.47. The molecule has 3 N–H and O–H groups in total. The SMILES string of the molecule is Cc1c(-c2nnn(-c3cc(Cl)cc(Cl)c3)n2)cnc(C(=O)NCC(=O)O)c1O. The van der Waals surface area contributed by atoms with Crippen LogP contribution in [0.1, 0.15) is 16.1 Å². The number of carbonyl (C=O) groups excluding carboxylic acids is 1. The maximum Gasteiger partial charge on any atom is 0.322 e. The molecule has 0 aliphatic carbocycles. The lowest BCUT2D eigenvalue weighted by Crippen LogP contribution is -2.30. The number of nitrogens with one attached hydrogen (secondary N) is 1. The van der Waals surface area contributed by atoms with Crippen LogP contribution < -0.4 is 5.32 Å². The molecule has 3 rings (SSSR count). The first-order chi connectivity index (χ1) is 13.3. The Morgan fingerprint density at radius 1 is 1.21 bits per heavy atom. The van der Waals surface area contributed by atoms with Crippen molar-refractivity contribution >= 4 is 35.1 Å². The van der Waals surface area contributed by atoms with Crippen molar-refractivity contribution in [2.75, 3.05) is 6.54 Å². The van der Waals surface area contributed by atoms with Gasteiger partial charge in [-0.2, -0.15) is 0 Å². The number of aromatic nitrogens is 5. The van der Waals surface area contributed by atoms with Crippen LogP contribution >= 0.6 is 23.2 Å². The number of rotatable bonds is 5. The Morgan fingerprint density at radius 3 is 2.54 bits per heavy atom. The third kappa shape index (κ3) is 4.02. The summed E-state index contributed by atoms with van der Waals surface area (Å²) >= 11 is 11.9. The van der Waals surface area contributed by atoms with E-state index in [4.69, 9.17) is 28.3 Å². The second-order valence-electron chi connectivity index (χ2n) is 5.60. The summed E-state index contributed by atoms with van der Waals surface area (Å²) in [6, 6.07) is 4.75. The van der Waals surface area contributed by atoms with Crippen LogP contribution in [0.15, 0.2) is 24.4 Å². The Bertz CT molecular complexity index is 1060. The monoisotopic (exact) mass is 422 g/mol. The number of aromatic hydroxyl groups is 1. The molecule has 12 heteroatoms. The molecule has 0 spiro atoms. The molecular formula is C16H12Cl2N6O4. The fraction of sp³-hybridized carbons (Fsp3) is 0.125. The number of benzene rings is 1. The average molecular weight is 423 g/mol. The van der Waals surface area contributed by atoms with E-state index in [1.165, 1.54) is 17.9 Å². The summed E-state index contributed by atoms with van der Waals surface area (Å²) in [6.45, 7) is 0.941. The highest BCUT2D eigenvalue weighted by Gasteiger charge is 2.20. The van der Waals surface area contributed by atoms with Crippen LogP contribution in [-0.4, -0.2) is 53.8 Å². The summed E-state index contributed by atoms with van der Waals surface area (Å²) in [5.41, 5.74) is 0.790. The molecule has 144 valence electrons. The largest absolute Gasteiger partial charge is 0.505 e. The first-order valence-electron chi connectivity index (χ1n) is 7.71. The van der Waals surface area contributed by atoms with Gasteiger partial charge in [0.15, 0.2) is 11.4 Å². The number of carboxylic acids is 1. The highest BCUT2D eigenvalue weighted by atomic mass is 35.5. The maximum atomic E-state index is 12.0. The topological polar surface area (TPSA) is 143 Å². The van der Waals surface area contributed by atoms with Gasteiger partial charge in [0, 0.05) is 27.4 Å². The molecule has 0 bridgehead atoms. The molecule has 28 heavy (non-hydrogen) atoms. The Balaban J connectivity index is 1.93. The van der Waals surface area contributed by atoms with Gasteiger partial charge in [0.1, 0.15) is 6.54 Å². The molecule has 0 fully saturated rings. The lowest BCUT2D eigenvalue weighted by molar-refractivity contribution is -0.135. The van der Waals surface area contributed by atoms with Crippen molar-refractivity contribution in [3.8, 4) is 22.8 Å². The van der Waals surface area contributed by atoms with Crippen molar-refractivity contribution in [1.82, 2.24) is 30.5 Å². The van der Waals surface area contributed by atoms with Crippen LogP contribution in [-0.2, 0) is 4.79 Å². The number of aliphatic carboxylic acids is 1. The van der Waals surface area contributed by atoms with Crippen molar-refractivity contribution in [2.24, 2.45) is 0 Å². The van der Waals surface area contributed by atoms with Gasteiger partial charge < -0.3 is 15.5 Å². The summed E-state index contributed by atoms with van der Waals surface area (Å²) in [5, 5.41) is 33.9. The second kappa shape index (κ2) is 7.79. The number of tetrazole rings is 1. The van der Waals surface area contributed by atoms with E-state index in [1.54, 1.807) is 18.2 Å². The molecule has 0 aliphatic heterocycles. The number of hydrogen-bond acceptors (Lipinski definition) is 7. The minimum absolute atomic E-state index is 0.147. The van der Waals surface area contributed by atoms with Crippen LogP contribution in [0.2, 0.25) is 10.0 Å². The predicted octanol–water partition coefficient (Wildman–Crippen LogP) is 1.86. The summed E-state index contributed by atoms with van der Waals surface area (Å²) in [5.74, 6) is -2.31. The minimum Gasteiger partial charge on any atom is -0.505 e. The number of carboxylic acid groups (broad SMARTS) is 1. The maximum absolute atomic E-state index is 12.0. The zero-order valence-electron chi connectivity index (χ0n) is 14.2. The fourth-order valence-corrected chi connectivity index (χ4v) is 2.82. The number of amides is 1. The average Bonchev–Trinajstić information content (AvgIpc) is 3.11. The quantitative estimate of drug-likeness (QED) is 0.564. The molecule has 3 aromatic rings. The highest BCUT2D eigenvalue weighted by Crippen LogP contribution is 2.29. The molecule has 1 aromatic carbocycles. The van der Waals surface area contributed by atoms with Gasteiger partial charge in [0.25, 0.3) is 5.91 Å². The summed E-state index contributed by atoms with van der Waals surface area (Å²) < 4.78 is 0. The molecule has 0 unspecified atom stereocenters. The van der Waals surface area contributed by atoms with Crippen molar-refractivity contribution < 1.29 is 19.8 Å². The van der Waals surface area contributed by atoms with Gasteiger partial charge in [-0.15, -0.1) is 15.0 Å². The number of nitrogens with zero attached hydrogens (tertiary/aromatic N) is 5. The third-order valence-electron chi connectivity index (χ3n) is 3.65. The lowest BCUT2D eigenvalue weighted by Gasteiger charge is -2.08. The van der Waals surface area contributed by atoms with E-state index in [0.29, 0.717) is 21.3 Å². The van der Waals surface area contributed by atoms with Gasteiger partial charge >= 0.3 is 5.97 Å². The van der Waals surface area contributed by atoms with Gasteiger partial charge in [-0.05, 0) is 30.3 Å². The van der Waals surface area contributed by atoms with Gasteiger partial charge in [-0.1, -0.05) is 23.2 Å². The third-order valence-corrected chi connectivity index (χ3v) is 4.09. The molecule has 0 saturated carbocycles. The van der Waals surface area contributed by atoms with Crippen LogP contribution in [0.3, 0.4) is 0 Å². The molecule has 0 atom stereocenters. The first kappa shape index (κ1) is 19.5. The minimum atomic E-state index is -1.22. The highest BCUT2D eigenvalue weighted by molar-refractivity contribution is 6.34. The Morgan fingerprint density at radius 2 is 1.89 bits per heavy atom. The van der Waals surface area contributed by atoms with Crippen molar-refractivity contribution in [1.29, 1.82) is 0 Å². The van der Waals surface area contributed by atoms with Gasteiger partial charge in [-0.25, -0.2) is 4.98 Å². The predicted molar refractivity (Wildman–Crippen MR) is 98.8 cm³/mol. The summed E-state index contributed by atoms with van der Waals surface area (Å²) in [4.78, 5) is 27.6. The molecule has 0 aliphatic rings. The number of carbonyl (C=O) groups is 2. The number of halogens is 2. The van der Waals surface area contributed by atoms with E-state index in [0.717, 1.165) is 0 Å². The van der Waals surface area contributed by atoms with Gasteiger partial charge in [0.05, 0.1) is 5.69 Å². The van der Waals surface area contributed by atoms with E-state index in [-0.39, 0.29) is 17.1 Å². The van der Waals surface area contributed by atoms with Gasteiger partial charge in [-0.3, -0.25) is 9.59 Å². The fourth-order valence-electron chi connectivity index (χ4n) is 2.31. The molecule has 0 radical (unpaired) electrons.